The molecule has 1 aromatic heterocycles. The highest BCUT2D eigenvalue weighted by atomic mass is 32.2. The zero-order chi connectivity index (χ0) is 36.2. The van der Waals surface area contributed by atoms with Gasteiger partial charge in [-0.1, -0.05) is 23.4 Å². The Morgan fingerprint density at radius 3 is 2.38 bits per heavy atom. The second kappa shape index (κ2) is 15.3. The maximum atomic E-state index is 13.3. The van der Waals surface area contributed by atoms with Crippen molar-refractivity contribution in [2.24, 2.45) is 5.16 Å². The molecule has 0 bridgehead atoms. The number of halogens is 3. The van der Waals surface area contributed by atoms with Crippen LogP contribution >= 0.6 is 23.1 Å². The number of aromatic nitrogens is 1. The molecule has 6 rings (SSSR count). The van der Waals surface area contributed by atoms with E-state index in [1.54, 1.807) is 16.4 Å². The SMILES string of the molecule is Nc1nc(/C(=N/OC2CCCC2)C(=O)N[C@@H]2C(=O)N3C(C(=O)O)=C(/C=C4\CCCN(c5ccccc5)C4=O)CS[C@H]23)cs1.O=C(O)C(F)(F)F. The first-order valence-corrected chi connectivity index (χ1v) is 17.2. The Morgan fingerprint density at radius 1 is 1.10 bits per heavy atom. The summed E-state index contributed by atoms with van der Waals surface area (Å²) in [7, 11) is 0. The summed E-state index contributed by atoms with van der Waals surface area (Å²) in [6, 6.07) is 8.34. The Balaban J connectivity index is 0.000000630. The number of thioether (sulfide) groups is 1. The predicted octanol–water partition coefficient (Wildman–Crippen LogP) is 3.51. The Hall–Kier alpha value is -4.91. The normalized spacial score (nSPS) is 22.1. The fourth-order valence-electron chi connectivity index (χ4n) is 5.69. The number of anilines is 2. The largest absolute Gasteiger partial charge is 0.490 e. The second-order valence-corrected chi connectivity index (χ2v) is 13.4. The number of hydrogen-bond acceptors (Lipinski definition) is 11. The molecule has 3 fully saturated rings. The van der Waals surface area contributed by atoms with Crippen molar-refractivity contribution in [1.29, 1.82) is 0 Å². The van der Waals surface area contributed by atoms with Gasteiger partial charge in [-0.15, -0.1) is 23.1 Å². The Morgan fingerprint density at radius 2 is 1.78 bits per heavy atom. The van der Waals surface area contributed by atoms with E-state index >= 15 is 0 Å². The van der Waals surface area contributed by atoms with E-state index < -0.39 is 41.3 Å². The zero-order valence-corrected chi connectivity index (χ0v) is 27.7. The van der Waals surface area contributed by atoms with Crippen LogP contribution in [0.3, 0.4) is 0 Å². The number of aliphatic carboxylic acids is 2. The number of oxime groups is 1. The van der Waals surface area contributed by atoms with Crippen LogP contribution < -0.4 is 16.0 Å². The summed E-state index contributed by atoms with van der Waals surface area (Å²) in [5.41, 5.74) is 7.40. The van der Waals surface area contributed by atoms with Gasteiger partial charge in [-0.2, -0.15) is 13.2 Å². The second-order valence-electron chi connectivity index (χ2n) is 11.4. The molecular weight excluding hydrogens is 706 g/mol. The molecule has 1 aliphatic carbocycles. The molecule has 3 aliphatic heterocycles. The molecule has 19 heteroatoms. The lowest BCUT2D eigenvalue weighted by atomic mass is 9.97. The predicted molar refractivity (Wildman–Crippen MR) is 176 cm³/mol. The number of thiazole rings is 1. The lowest BCUT2D eigenvalue weighted by Gasteiger charge is -2.49. The van der Waals surface area contributed by atoms with E-state index in [9.17, 15) is 37.5 Å². The van der Waals surface area contributed by atoms with Gasteiger partial charge >= 0.3 is 18.1 Å². The van der Waals surface area contributed by atoms with Gasteiger partial charge in [0.05, 0.1) is 0 Å². The summed E-state index contributed by atoms with van der Waals surface area (Å²) in [5.74, 6) is -5.19. The van der Waals surface area contributed by atoms with Gasteiger partial charge in [0.1, 0.15) is 28.9 Å². The van der Waals surface area contributed by atoms with Crippen LogP contribution in [0.4, 0.5) is 24.0 Å². The van der Waals surface area contributed by atoms with Crippen LogP contribution in [0.2, 0.25) is 0 Å². The first-order chi connectivity index (χ1) is 23.8. The number of nitrogen functional groups attached to an aromatic ring is 1. The number of carbonyl (C=O) groups is 5. The zero-order valence-electron chi connectivity index (χ0n) is 26.1. The lowest BCUT2D eigenvalue weighted by molar-refractivity contribution is -0.192. The van der Waals surface area contributed by atoms with Crippen molar-refractivity contribution in [3.8, 4) is 0 Å². The molecule has 4 heterocycles. The molecule has 2 aromatic rings. The number of nitrogens with one attached hydrogen (secondary N) is 1. The summed E-state index contributed by atoms with van der Waals surface area (Å²) in [6.07, 6.45) is 1.39. The molecule has 0 spiro atoms. The fraction of sp³-hybridized carbons (Fsp3) is 0.387. The van der Waals surface area contributed by atoms with E-state index in [2.05, 4.69) is 15.5 Å². The molecule has 2 atom stereocenters. The van der Waals surface area contributed by atoms with Gasteiger partial charge in [-0.25, -0.2) is 14.6 Å². The third kappa shape index (κ3) is 8.10. The van der Waals surface area contributed by atoms with Crippen LogP contribution in [0.25, 0.3) is 0 Å². The highest BCUT2D eigenvalue weighted by Crippen LogP contribution is 2.41. The van der Waals surface area contributed by atoms with Crippen LogP contribution in [-0.2, 0) is 28.8 Å². The third-order valence-corrected chi connectivity index (χ3v) is 10.0. The third-order valence-electron chi connectivity index (χ3n) is 8.07. The highest BCUT2D eigenvalue weighted by molar-refractivity contribution is 8.00. The number of benzene rings is 1. The van der Waals surface area contributed by atoms with Gasteiger partial charge in [0.25, 0.3) is 17.7 Å². The van der Waals surface area contributed by atoms with Crippen LogP contribution in [-0.4, -0.2) is 91.5 Å². The molecule has 266 valence electrons. The van der Waals surface area contributed by atoms with Crippen molar-refractivity contribution in [2.45, 2.75) is 62.2 Å². The number of carboxylic acids is 2. The monoisotopic (exact) mass is 736 g/mol. The molecule has 50 heavy (non-hydrogen) atoms. The minimum absolute atomic E-state index is 0.0925. The van der Waals surface area contributed by atoms with Crippen LogP contribution in [0, 0.1) is 0 Å². The number of hydrogen-bond donors (Lipinski definition) is 4. The summed E-state index contributed by atoms with van der Waals surface area (Å²) in [5, 5.41) is 25.3. The molecule has 5 N–H and O–H groups in total. The van der Waals surface area contributed by atoms with Crippen LogP contribution in [0.1, 0.15) is 44.2 Å². The van der Waals surface area contributed by atoms with E-state index in [1.165, 1.54) is 16.7 Å². The van der Waals surface area contributed by atoms with Crippen molar-refractivity contribution in [1.82, 2.24) is 15.2 Å². The topological polar surface area (TPSA) is 205 Å². The van der Waals surface area contributed by atoms with Gasteiger partial charge in [-0.3, -0.25) is 19.3 Å². The number of para-hydroxylation sites is 1. The molecule has 1 aromatic carbocycles. The number of allylic oxidation sites excluding steroid dienone is 1. The molecule has 3 amide bonds. The van der Waals surface area contributed by atoms with E-state index in [0.717, 1.165) is 49.1 Å². The standard InChI is InChI=1S/C29H30N6O6S2.C2HF3O2/c30-29-31-20(15-43-29)21(33-41-19-10-4-5-11-19)24(36)32-22-26(38)35-23(28(39)40)17(14-42-27(22)35)13-16-7-6-12-34(25(16)37)18-8-2-1-3-9-18;3-2(4,5)1(6)7/h1-3,8-9,13,15,19,22,27H,4-7,10-12,14H2,(H2,30,31)(H,32,36)(H,39,40);(H,6,7)/b16-13+,33-21-;/t22-,27-;/m1./s1. The van der Waals surface area contributed by atoms with Crippen LogP contribution in [0.15, 0.2) is 63.8 Å². The smallest absolute Gasteiger partial charge is 0.477 e. The maximum Gasteiger partial charge on any atom is 0.490 e. The van der Waals surface area contributed by atoms with E-state index in [1.807, 2.05) is 30.3 Å². The quantitative estimate of drug-likeness (QED) is 0.134. The molecule has 0 unspecified atom stereocenters. The number of nitrogens with two attached hydrogens (primary N) is 1. The van der Waals surface area contributed by atoms with Crippen molar-refractivity contribution in [2.75, 3.05) is 22.9 Å². The van der Waals surface area contributed by atoms with E-state index in [0.29, 0.717) is 24.1 Å². The average molecular weight is 737 g/mol. The lowest BCUT2D eigenvalue weighted by Crippen LogP contribution is -2.71. The van der Waals surface area contributed by atoms with Gasteiger partial charge in [0.15, 0.2) is 10.8 Å². The number of amides is 3. The Bertz CT molecular complexity index is 1760. The summed E-state index contributed by atoms with van der Waals surface area (Å²) in [6.45, 7) is 0.568. The number of rotatable bonds is 8. The molecule has 14 nitrogen and oxygen atoms in total. The first kappa shape index (κ1) is 36.4. The molecule has 1 saturated carbocycles. The van der Waals surface area contributed by atoms with E-state index in [4.69, 9.17) is 20.5 Å². The van der Waals surface area contributed by atoms with Gasteiger partial charge in [0.2, 0.25) is 0 Å². The Kier molecular flexibility index (Phi) is 11.1. The fourth-order valence-corrected chi connectivity index (χ4v) is 7.55. The number of carbonyl (C=O) groups excluding carboxylic acids is 3. The molecule has 4 aliphatic rings. The summed E-state index contributed by atoms with van der Waals surface area (Å²) < 4.78 is 31.7. The van der Waals surface area contributed by atoms with Gasteiger partial charge in [-0.05, 0) is 62.3 Å². The minimum atomic E-state index is -5.08. The highest BCUT2D eigenvalue weighted by Gasteiger charge is 2.54. The average Bonchev–Trinajstić information content (AvgIpc) is 3.76. The molecule has 0 radical (unpaired) electrons. The number of piperidine rings is 1. The number of alkyl halides is 3. The maximum absolute atomic E-state index is 13.3. The first-order valence-electron chi connectivity index (χ1n) is 15.3. The van der Waals surface area contributed by atoms with E-state index in [-0.39, 0.29) is 40.0 Å². The van der Waals surface area contributed by atoms with Crippen molar-refractivity contribution >= 4 is 69.3 Å². The number of fused-ring (bicyclic) bond motifs is 1. The van der Waals surface area contributed by atoms with Crippen molar-refractivity contribution in [3.63, 3.8) is 0 Å². The number of carboxylic acid groups (broad SMARTS) is 2. The Labute approximate surface area is 290 Å². The molecule has 2 saturated heterocycles. The van der Waals surface area contributed by atoms with Gasteiger partial charge < -0.3 is 31.0 Å². The van der Waals surface area contributed by atoms with Gasteiger partial charge in [0, 0.05) is 28.9 Å². The minimum Gasteiger partial charge on any atom is -0.477 e. The van der Waals surface area contributed by atoms with Crippen LogP contribution in [0.5, 0.6) is 0 Å². The van der Waals surface area contributed by atoms with Crippen molar-refractivity contribution < 1.29 is 52.2 Å². The number of nitrogens with zero attached hydrogens (tertiary/aromatic N) is 4. The molecular formula is C31H31F3N6O8S2. The number of β-lactam (4-membered cyclic amide) rings is 1. The summed E-state index contributed by atoms with van der Waals surface area (Å²) >= 11 is 2.47. The van der Waals surface area contributed by atoms with Crippen molar-refractivity contribution in [3.05, 3.63) is 64.3 Å². The summed E-state index contributed by atoms with van der Waals surface area (Å²) in [4.78, 5) is 73.9.